The summed E-state index contributed by atoms with van der Waals surface area (Å²) >= 11 is 0. The van der Waals surface area contributed by atoms with E-state index in [2.05, 4.69) is 29.5 Å². The quantitative estimate of drug-likeness (QED) is 0.898. The Labute approximate surface area is 107 Å². The third kappa shape index (κ3) is 2.53. The number of rotatable bonds is 4. The molecule has 0 radical (unpaired) electrons. The maximum absolute atomic E-state index is 12.9. The van der Waals surface area contributed by atoms with Crippen molar-refractivity contribution in [2.75, 3.05) is 5.43 Å². The number of pyridine rings is 1. The lowest BCUT2D eigenvalue weighted by molar-refractivity contribution is 0.598. The highest BCUT2D eigenvalue weighted by Crippen LogP contribution is 2.17. The lowest BCUT2D eigenvalue weighted by Crippen LogP contribution is -2.23. The molecule has 0 bridgehead atoms. The Morgan fingerprint density at radius 1 is 1.22 bits per heavy atom. The summed E-state index contributed by atoms with van der Waals surface area (Å²) in [6.07, 6.45) is 2.14. The highest BCUT2D eigenvalue weighted by molar-refractivity contribution is 5.19. The fourth-order valence-electron chi connectivity index (χ4n) is 1.99. The van der Waals surface area contributed by atoms with Crippen LogP contribution in [0.2, 0.25) is 0 Å². The average molecular weight is 247 g/mol. The second-order valence-electron chi connectivity index (χ2n) is 4.44. The molecular formula is C14H18FN3. The third-order valence-corrected chi connectivity index (χ3v) is 3.07. The fourth-order valence-corrected chi connectivity index (χ4v) is 1.99. The van der Waals surface area contributed by atoms with Gasteiger partial charge in [-0.3, -0.25) is 9.66 Å². The van der Waals surface area contributed by atoms with Crippen molar-refractivity contribution in [3.63, 3.8) is 0 Å². The second kappa shape index (κ2) is 5.21. The van der Waals surface area contributed by atoms with Crippen LogP contribution in [0.15, 0.2) is 30.5 Å². The molecule has 96 valence electrons. The summed E-state index contributed by atoms with van der Waals surface area (Å²) in [6, 6.07) is 7.38. The molecule has 1 N–H and O–H groups in total. The van der Waals surface area contributed by atoms with Crippen LogP contribution in [0.3, 0.4) is 0 Å². The van der Waals surface area contributed by atoms with Gasteiger partial charge in [0.1, 0.15) is 5.82 Å². The maximum Gasteiger partial charge on any atom is 0.141 e. The number of hydrogen-bond acceptors (Lipinski definition) is 2. The Morgan fingerprint density at radius 3 is 2.39 bits per heavy atom. The van der Waals surface area contributed by atoms with Gasteiger partial charge in [-0.25, -0.2) is 4.39 Å². The molecule has 0 saturated heterocycles. The van der Waals surface area contributed by atoms with Gasteiger partial charge in [0.2, 0.25) is 0 Å². The highest BCUT2D eigenvalue weighted by Gasteiger charge is 2.12. The number of halogens is 1. The smallest absolute Gasteiger partial charge is 0.141 e. The Morgan fingerprint density at radius 2 is 1.89 bits per heavy atom. The zero-order valence-electron chi connectivity index (χ0n) is 10.9. The van der Waals surface area contributed by atoms with Gasteiger partial charge in [-0.1, -0.05) is 6.92 Å². The first-order chi connectivity index (χ1) is 8.61. The molecule has 2 aromatic rings. The summed E-state index contributed by atoms with van der Waals surface area (Å²) in [6.45, 7) is 6.17. The lowest BCUT2D eigenvalue weighted by atomic mass is 10.1. The standard InChI is InChI=1S/C14H18FN3/c1-4-13(14-8-7-12(15)9-16-14)17-18-10(2)5-6-11(18)3/h5-9,13,17H,4H2,1-3H3. The van der Waals surface area contributed by atoms with Crippen LogP contribution in [-0.4, -0.2) is 9.66 Å². The van der Waals surface area contributed by atoms with Crippen molar-refractivity contribution in [2.45, 2.75) is 33.2 Å². The summed E-state index contributed by atoms with van der Waals surface area (Å²) < 4.78 is 14.9. The van der Waals surface area contributed by atoms with E-state index in [0.717, 1.165) is 23.5 Å². The van der Waals surface area contributed by atoms with Gasteiger partial charge in [0.25, 0.3) is 0 Å². The van der Waals surface area contributed by atoms with Crippen molar-refractivity contribution in [1.29, 1.82) is 0 Å². The second-order valence-corrected chi connectivity index (χ2v) is 4.44. The Balaban J connectivity index is 2.22. The first-order valence-electron chi connectivity index (χ1n) is 6.14. The van der Waals surface area contributed by atoms with Crippen LogP contribution >= 0.6 is 0 Å². The Bertz CT molecular complexity index is 497. The predicted octanol–water partition coefficient (Wildman–Crippen LogP) is 3.33. The maximum atomic E-state index is 12.9. The minimum atomic E-state index is -0.304. The molecule has 0 fully saturated rings. The van der Waals surface area contributed by atoms with Gasteiger partial charge in [0, 0.05) is 11.4 Å². The zero-order valence-corrected chi connectivity index (χ0v) is 10.9. The van der Waals surface area contributed by atoms with Gasteiger partial charge >= 0.3 is 0 Å². The molecule has 0 amide bonds. The van der Waals surface area contributed by atoms with Crippen LogP contribution in [0.1, 0.15) is 36.5 Å². The Hall–Kier alpha value is -1.84. The average Bonchev–Trinajstić information content (AvgIpc) is 2.68. The molecule has 0 saturated carbocycles. The molecule has 2 aromatic heterocycles. The fraction of sp³-hybridized carbons (Fsp3) is 0.357. The molecule has 1 atom stereocenters. The van der Waals surface area contributed by atoms with Crippen molar-refractivity contribution < 1.29 is 4.39 Å². The van der Waals surface area contributed by atoms with Crippen LogP contribution in [0, 0.1) is 19.7 Å². The molecule has 0 spiro atoms. The summed E-state index contributed by atoms with van der Waals surface area (Å²) in [5.74, 6) is -0.304. The van der Waals surface area contributed by atoms with Crippen molar-refractivity contribution in [1.82, 2.24) is 9.66 Å². The molecule has 2 heterocycles. The molecule has 3 nitrogen and oxygen atoms in total. The predicted molar refractivity (Wildman–Crippen MR) is 70.5 cm³/mol. The number of hydrogen-bond donors (Lipinski definition) is 1. The Kier molecular flexibility index (Phi) is 3.65. The zero-order chi connectivity index (χ0) is 13.1. The van der Waals surface area contributed by atoms with Gasteiger partial charge in [-0.15, -0.1) is 0 Å². The summed E-state index contributed by atoms with van der Waals surface area (Å²) in [4.78, 5) is 4.14. The van der Waals surface area contributed by atoms with Gasteiger partial charge in [-0.05, 0) is 44.5 Å². The highest BCUT2D eigenvalue weighted by atomic mass is 19.1. The van der Waals surface area contributed by atoms with Gasteiger partial charge in [0.05, 0.1) is 17.9 Å². The normalized spacial score (nSPS) is 12.4. The van der Waals surface area contributed by atoms with Crippen LogP contribution in [-0.2, 0) is 0 Å². The summed E-state index contributed by atoms with van der Waals surface area (Å²) in [5.41, 5.74) is 6.56. The molecule has 0 aliphatic heterocycles. The number of nitrogens with zero attached hydrogens (tertiary/aromatic N) is 2. The molecule has 0 aliphatic carbocycles. The summed E-state index contributed by atoms with van der Waals surface area (Å²) in [5, 5.41) is 0. The summed E-state index contributed by atoms with van der Waals surface area (Å²) in [7, 11) is 0. The van der Waals surface area contributed by atoms with E-state index in [1.54, 1.807) is 6.07 Å². The van der Waals surface area contributed by atoms with Crippen LogP contribution in [0.4, 0.5) is 4.39 Å². The van der Waals surface area contributed by atoms with E-state index < -0.39 is 0 Å². The van der Waals surface area contributed by atoms with E-state index in [4.69, 9.17) is 0 Å². The van der Waals surface area contributed by atoms with Crippen LogP contribution < -0.4 is 5.43 Å². The number of aromatic nitrogens is 2. The molecule has 0 aromatic carbocycles. The van der Waals surface area contributed by atoms with Crippen molar-refractivity contribution in [3.05, 3.63) is 53.4 Å². The first kappa shape index (κ1) is 12.6. The molecular weight excluding hydrogens is 229 g/mol. The van der Waals surface area contributed by atoms with E-state index in [-0.39, 0.29) is 11.9 Å². The van der Waals surface area contributed by atoms with Gasteiger partial charge < -0.3 is 5.43 Å². The van der Waals surface area contributed by atoms with Crippen molar-refractivity contribution in [2.24, 2.45) is 0 Å². The molecule has 0 aliphatic rings. The minimum Gasteiger partial charge on any atom is -0.317 e. The minimum absolute atomic E-state index is 0.0791. The molecule has 4 heteroatoms. The molecule has 18 heavy (non-hydrogen) atoms. The number of aryl methyl sites for hydroxylation is 2. The van der Waals surface area contributed by atoms with E-state index in [1.165, 1.54) is 12.3 Å². The van der Waals surface area contributed by atoms with Crippen LogP contribution in [0.25, 0.3) is 0 Å². The van der Waals surface area contributed by atoms with Gasteiger partial charge in [-0.2, -0.15) is 0 Å². The van der Waals surface area contributed by atoms with Crippen molar-refractivity contribution >= 4 is 0 Å². The van der Waals surface area contributed by atoms with E-state index in [1.807, 2.05) is 18.5 Å². The molecule has 1 unspecified atom stereocenters. The van der Waals surface area contributed by atoms with Crippen LogP contribution in [0.5, 0.6) is 0 Å². The SMILES string of the molecule is CCC(Nn1c(C)ccc1C)c1ccc(F)cn1. The largest absolute Gasteiger partial charge is 0.317 e. The van der Waals surface area contributed by atoms with Gasteiger partial charge in [0.15, 0.2) is 0 Å². The monoisotopic (exact) mass is 247 g/mol. The van der Waals surface area contributed by atoms with E-state index in [9.17, 15) is 4.39 Å². The van der Waals surface area contributed by atoms with E-state index >= 15 is 0 Å². The third-order valence-electron chi connectivity index (χ3n) is 3.07. The van der Waals surface area contributed by atoms with Crippen molar-refractivity contribution in [3.8, 4) is 0 Å². The number of nitrogens with one attached hydrogen (secondary N) is 1. The lowest BCUT2D eigenvalue weighted by Gasteiger charge is -2.21. The topological polar surface area (TPSA) is 29.9 Å². The van der Waals surface area contributed by atoms with E-state index in [0.29, 0.717) is 0 Å². The molecule has 2 rings (SSSR count). The first-order valence-corrected chi connectivity index (χ1v) is 6.14.